The molecule has 0 aliphatic heterocycles. The first-order chi connectivity index (χ1) is 17.5. The van der Waals surface area contributed by atoms with E-state index in [1.807, 2.05) is 91.0 Å². The predicted molar refractivity (Wildman–Crippen MR) is 137 cm³/mol. The fourth-order valence-corrected chi connectivity index (χ4v) is 3.63. The number of nitrogens with zero attached hydrogens (tertiary/aromatic N) is 1. The lowest BCUT2D eigenvalue weighted by Gasteiger charge is -2.36. The molecule has 0 bridgehead atoms. The smallest absolute Gasteiger partial charge is 0.248 e. The standard InChI is InChI=1S/C29H35NO6/c1-30(33-2)28(31)18-27(36-21-26-16-10-5-11-17-26)29(32,22-34-19-24-12-6-3-7-13-24)23-35-20-25-14-8-4-9-15-25/h3-17,27,32H,18-23H2,1-2H3. The van der Waals surface area contributed by atoms with Gasteiger partial charge in [0.1, 0.15) is 11.7 Å². The highest BCUT2D eigenvalue weighted by atomic mass is 16.7. The molecule has 7 nitrogen and oxygen atoms in total. The number of aliphatic hydroxyl groups is 1. The highest BCUT2D eigenvalue weighted by Crippen LogP contribution is 2.23. The van der Waals surface area contributed by atoms with Crippen LogP contribution in [-0.4, -0.2) is 55.2 Å². The normalized spacial score (nSPS) is 12.3. The van der Waals surface area contributed by atoms with Crippen LogP contribution in [0, 0.1) is 0 Å². The molecule has 36 heavy (non-hydrogen) atoms. The Bertz CT molecular complexity index is 970. The Morgan fingerprint density at radius 2 is 1.19 bits per heavy atom. The second-order valence-electron chi connectivity index (χ2n) is 8.62. The molecule has 1 atom stereocenters. The van der Waals surface area contributed by atoms with Gasteiger partial charge in [-0.3, -0.25) is 9.63 Å². The SMILES string of the molecule is CON(C)C(=O)CC(OCc1ccccc1)C(O)(COCc1ccccc1)COCc1ccccc1. The van der Waals surface area contributed by atoms with Gasteiger partial charge in [-0.05, 0) is 16.7 Å². The van der Waals surface area contributed by atoms with E-state index >= 15 is 0 Å². The van der Waals surface area contributed by atoms with Crippen molar-refractivity contribution in [1.82, 2.24) is 5.06 Å². The van der Waals surface area contributed by atoms with Crippen molar-refractivity contribution in [3.8, 4) is 0 Å². The molecule has 0 aromatic heterocycles. The number of hydrogen-bond donors (Lipinski definition) is 1. The van der Waals surface area contributed by atoms with Gasteiger partial charge in [0.2, 0.25) is 5.91 Å². The fraction of sp³-hybridized carbons (Fsp3) is 0.345. The van der Waals surface area contributed by atoms with Crippen molar-refractivity contribution in [2.45, 2.75) is 37.9 Å². The number of benzene rings is 3. The third-order valence-corrected chi connectivity index (χ3v) is 5.81. The van der Waals surface area contributed by atoms with E-state index in [1.54, 1.807) is 0 Å². The van der Waals surface area contributed by atoms with Crippen LogP contribution in [-0.2, 0) is 43.7 Å². The van der Waals surface area contributed by atoms with E-state index in [0.29, 0.717) is 13.2 Å². The van der Waals surface area contributed by atoms with Crippen LogP contribution in [0.4, 0.5) is 0 Å². The van der Waals surface area contributed by atoms with Crippen LogP contribution in [0.15, 0.2) is 91.0 Å². The van der Waals surface area contributed by atoms with Crippen molar-refractivity contribution < 1.29 is 28.9 Å². The number of carbonyl (C=O) groups excluding carboxylic acids is 1. The van der Waals surface area contributed by atoms with Gasteiger partial charge in [0.15, 0.2) is 0 Å². The Balaban J connectivity index is 1.76. The number of hydroxylamine groups is 2. The van der Waals surface area contributed by atoms with E-state index in [-0.39, 0.29) is 32.1 Å². The molecule has 3 aromatic rings. The maximum atomic E-state index is 12.8. The van der Waals surface area contributed by atoms with Crippen molar-refractivity contribution in [2.75, 3.05) is 27.4 Å². The van der Waals surface area contributed by atoms with Crippen LogP contribution in [0.1, 0.15) is 23.1 Å². The van der Waals surface area contributed by atoms with E-state index < -0.39 is 11.7 Å². The van der Waals surface area contributed by atoms with Crippen LogP contribution < -0.4 is 0 Å². The Labute approximate surface area is 213 Å². The first kappa shape index (κ1) is 27.5. The Kier molecular flexibility index (Phi) is 11.1. The minimum atomic E-state index is -1.59. The van der Waals surface area contributed by atoms with Crippen molar-refractivity contribution in [3.05, 3.63) is 108 Å². The maximum Gasteiger partial charge on any atom is 0.248 e. The third-order valence-electron chi connectivity index (χ3n) is 5.81. The van der Waals surface area contributed by atoms with E-state index in [0.717, 1.165) is 21.8 Å². The molecule has 3 rings (SSSR count). The summed E-state index contributed by atoms with van der Waals surface area (Å²) in [4.78, 5) is 17.8. The molecule has 1 unspecified atom stereocenters. The summed E-state index contributed by atoms with van der Waals surface area (Å²) < 4.78 is 18.0. The molecule has 3 aromatic carbocycles. The van der Waals surface area contributed by atoms with E-state index in [1.165, 1.54) is 14.2 Å². The minimum Gasteiger partial charge on any atom is -0.382 e. The average molecular weight is 494 g/mol. The van der Waals surface area contributed by atoms with Gasteiger partial charge in [0.05, 0.1) is 46.6 Å². The van der Waals surface area contributed by atoms with E-state index in [9.17, 15) is 9.90 Å². The average Bonchev–Trinajstić information content (AvgIpc) is 2.92. The molecule has 0 saturated heterocycles. The zero-order valence-corrected chi connectivity index (χ0v) is 20.9. The van der Waals surface area contributed by atoms with Gasteiger partial charge >= 0.3 is 0 Å². The number of hydrogen-bond acceptors (Lipinski definition) is 6. The van der Waals surface area contributed by atoms with Crippen LogP contribution in [0.25, 0.3) is 0 Å². The maximum absolute atomic E-state index is 12.8. The second-order valence-corrected chi connectivity index (χ2v) is 8.62. The topological polar surface area (TPSA) is 77.5 Å². The van der Waals surface area contributed by atoms with Gasteiger partial charge in [0.25, 0.3) is 0 Å². The van der Waals surface area contributed by atoms with Crippen molar-refractivity contribution >= 4 is 5.91 Å². The van der Waals surface area contributed by atoms with Gasteiger partial charge in [0, 0.05) is 7.05 Å². The van der Waals surface area contributed by atoms with Gasteiger partial charge in [-0.25, -0.2) is 5.06 Å². The second kappa shape index (κ2) is 14.5. The van der Waals surface area contributed by atoms with Gasteiger partial charge in [-0.15, -0.1) is 0 Å². The molecule has 1 amide bonds. The zero-order valence-electron chi connectivity index (χ0n) is 20.9. The van der Waals surface area contributed by atoms with Crippen molar-refractivity contribution in [2.24, 2.45) is 0 Å². The monoisotopic (exact) mass is 493 g/mol. The van der Waals surface area contributed by atoms with Crippen LogP contribution in [0.5, 0.6) is 0 Å². The molecule has 192 valence electrons. The molecule has 0 spiro atoms. The Hall–Kier alpha value is -3.07. The van der Waals surface area contributed by atoms with Gasteiger partial charge < -0.3 is 19.3 Å². The Morgan fingerprint density at radius 1 is 0.778 bits per heavy atom. The molecule has 1 N–H and O–H groups in total. The Morgan fingerprint density at radius 3 is 1.61 bits per heavy atom. The number of ether oxygens (including phenoxy) is 3. The van der Waals surface area contributed by atoms with Gasteiger partial charge in [-0.1, -0.05) is 91.0 Å². The molecule has 7 heteroatoms. The lowest BCUT2D eigenvalue weighted by Crippen LogP contribution is -2.53. The highest BCUT2D eigenvalue weighted by molar-refractivity contribution is 5.75. The van der Waals surface area contributed by atoms with Crippen molar-refractivity contribution in [1.29, 1.82) is 0 Å². The van der Waals surface area contributed by atoms with E-state index in [2.05, 4.69) is 0 Å². The van der Waals surface area contributed by atoms with Gasteiger partial charge in [-0.2, -0.15) is 0 Å². The minimum absolute atomic E-state index is 0.0832. The molecular formula is C29H35NO6. The molecule has 0 saturated carbocycles. The summed E-state index contributed by atoms with van der Waals surface area (Å²) in [5, 5.41) is 12.9. The summed E-state index contributed by atoms with van der Waals surface area (Å²) >= 11 is 0. The number of rotatable bonds is 15. The summed E-state index contributed by atoms with van der Waals surface area (Å²) in [6, 6.07) is 29.0. The molecule has 0 fully saturated rings. The van der Waals surface area contributed by atoms with Crippen LogP contribution >= 0.6 is 0 Å². The summed E-state index contributed by atoms with van der Waals surface area (Å²) in [7, 11) is 2.93. The lowest BCUT2D eigenvalue weighted by atomic mass is 9.95. The van der Waals surface area contributed by atoms with E-state index in [4.69, 9.17) is 19.0 Å². The van der Waals surface area contributed by atoms with Crippen LogP contribution in [0.2, 0.25) is 0 Å². The molecule has 0 aliphatic carbocycles. The number of amides is 1. The number of carbonyl (C=O) groups is 1. The molecular weight excluding hydrogens is 458 g/mol. The summed E-state index contributed by atoms with van der Waals surface area (Å²) in [5.74, 6) is -0.333. The quantitative estimate of drug-likeness (QED) is 0.321. The molecule has 0 aliphatic rings. The van der Waals surface area contributed by atoms with Crippen molar-refractivity contribution in [3.63, 3.8) is 0 Å². The lowest BCUT2D eigenvalue weighted by molar-refractivity contribution is -0.196. The third kappa shape index (κ3) is 8.86. The summed E-state index contributed by atoms with van der Waals surface area (Å²) in [6.07, 6.45) is -1.02. The first-order valence-electron chi connectivity index (χ1n) is 11.9. The highest BCUT2D eigenvalue weighted by Gasteiger charge is 2.40. The molecule has 0 heterocycles. The summed E-state index contributed by atoms with van der Waals surface area (Å²) in [6.45, 7) is 0.660. The first-order valence-corrected chi connectivity index (χ1v) is 11.9. The van der Waals surface area contributed by atoms with Crippen LogP contribution in [0.3, 0.4) is 0 Å². The largest absolute Gasteiger partial charge is 0.382 e. The predicted octanol–water partition coefficient (Wildman–Crippen LogP) is 4.15. The molecule has 0 radical (unpaired) electrons. The fourth-order valence-electron chi connectivity index (χ4n) is 3.63. The summed E-state index contributed by atoms with van der Waals surface area (Å²) in [5.41, 5.74) is 1.28. The zero-order chi connectivity index (χ0) is 25.6.